The molecule has 0 unspecified atom stereocenters. The lowest BCUT2D eigenvalue weighted by atomic mass is 9.93. The minimum atomic E-state index is -1.26. The van der Waals surface area contributed by atoms with Crippen LogP contribution in [0.3, 0.4) is 0 Å². The fourth-order valence-electron chi connectivity index (χ4n) is 2.19. The molecule has 114 valence electrons. The van der Waals surface area contributed by atoms with E-state index in [1.54, 1.807) is 0 Å². The summed E-state index contributed by atoms with van der Waals surface area (Å²) in [5.41, 5.74) is -0.573. The average molecular weight is 294 g/mol. The van der Waals surface area contributed by atoms with Crippen LogP contribution in [-0.2, 0) is 4.74 Å². The average Bonchev–Trinajstić information content (AvgIpc) is 2.41. The number of phenols is 1. The summed E-state index contributed by atoms with van der Waals surface area (Å²) in [6, 6.07) is 3.67. The largest absolute Gasteiger partial charge is 0.505 e. The highest BCUT2D eigenvalue weighted by molar-refractivity contribution is 5.97. The van der Waals surface area contributed by atoms with E-state index in [2.05, 4.69) is 10.6 Å². The Hall–Kier alpha value is -2.28. The number of urea groups is 1. The third-order valence-corrected chi connectivity index (χ3v) is 3.53. The first-order valence-corrected chi connectivity index (χ1v) is 6.63. The van der Waals surface area contributed by atoms with Crippen molar-refractivity contribution >= 4 is 17.7 Å². The predicted octanol–water partition coefficient (Wildman–Crippen LogP) is 1.78. The highest BCUT2D eigenvalue weighted by Gasteiger charge is 2.29. The van der Waals surface area contributed by atoms with Crippen LogP contribution in [0, 0.1) is 0 Å². The van der Waals surface area contributed by atoms with Gasteiger partial charge in [-0.1, -0.05) is 6.07 Å². The minimum absolute atomic E-state index is 0.0584. The van der Waals surface area contributed by atoms with Gasteiger partial charge in [-0.15, -0.1) is 0 Å². The number of para-hydroxylation sites is 1. The Balaban J connectivity index is 2.06. The lowest BCUT2D eigenvalue weighted by Crippen LogP contribution is -2.51. The number of ether oxygens (including phenoxy) is 1. The first-order valence-electron chi connectivity index (χ1n) is 6.63. The summed E-state index contributed by atoms with van der Waals surface area (Å²) >= 11 is 0. The summed E-state index contributed by atoms with van der Waals surface area (Å²) < 4.78 is 5.25. The Bertz CT molecular complexity index is 552. The van der Waals surface area contributed by atoms with Gasteiger partial charge in [0.1, 0.15) is 5.56 Å². The maximum atomic E-state index is 12.0. The monoisotopic (exact) mass is 294 g/mol. The van der Waals surface area contributed by atoms with Crippen molar-refractivity contribution in [1.29, 1.82) is 0 Å². The van der Waals surface area contributed by atoms with Crippen molar-refractivity contribution in [2.45, 2.75) is 25.3 Å². The predicted molar refractivity (Wildman–Crippen MR) is 75.7 cm³/mol. The van der Waals surface area contributed by atoms with Gasteiger partial charge in [0.15, 0.2) is 5.75 Å². The van der Waals surface area contributed by atoms with Crippen molar-refractivity contribution in [2.24, 2.45) is 0 Å². The van der Waals surface area contributed by atoms with Crippen molar-refractivity contribution in [1.82, 2.24) is 5.32 Å². The fraction of sp³-hybridized carbons (Fsp3) is 0.429. The molecule has 1 saturated heterocycles. The molecule has 7 nitrogen and oxygen atoms in total. The molecule has 1 heterocycles. The van der Waals surface area contributed by atoms with Crippen LogP contribution >= 0.6 is 0 Å². The zero-order valence-electron chi connectivity index (χ0n) is 11.7. The second-order valence-corrected chi connectivity index (χ2v) is 5.26. The van der Waals surface area contributed by atoms with Gasteiger partial charge in [0.25, 0.3) is 0 Å². The Morgan fingerprint density at radius 1 is 1.29 bits per heavy atom. The van der Waals surface area contributed by atoms with Gasteiger partial charge in [-0.3, -0.25) is 0 Å². The molecule has 1 aliphatic heterocycles. The van der Waals surface area contributed by atoms with Gasteiger partial charge in [-0.2, -0.15) is 0 Å². The third kappa shape index (κ3) is 3.63. The molecule has 0 atom stereocenters. The number of carbonyl (C=O) groups is 2. The molecule has 1 aromatic carbocycles. The maximum absolute atomic E-state index is 12.0. The minimum Gasteiger partial charge on any atom is -0.505 e. The van der Waals surface area contributed by atoms with E-state index in [9.17, 15) is 14.7 Å². The van der Waals surface area contributed by atoms with E-state index < -0.39 is 17.7 Å². The SMILES string of the molecule is CC1(NC(=O)Nc2cccc(C(=O)O)c2O)CCOCC1. The summed E-state index contributed by atoms with van der Waals surface area (Å²) in [5.74, 6) is -1.72. The number of hydrogen-bond acceptors (Lipinski definition) is 4. The van der Waals surface area contributed by atoms with Gasteiger partial charge in [0.2, 0.25) is 0 Å². The molecule has 0 saturated carbocycles. The van der Waals surface area contributed by atoms with Crippen molar-refractivity contribution in [2.75, 3.05) is 18.5 Å². The zero-order valence-corrected chi connectivity index (χ0v) is 11.7. The molecule has 1 aliphatic rings. The fourth-order valence-corrected chi connectivity index (χ4v) is 2.19. The summed E-state index contributed by atoms with van der Waals surface area (Å²) in [4.78, 5) is 22.9. The van der Waals surface area contributed by atoms with Gasteiger partial charge in [0.05, 0.1) is 5.69 Å². The summed E-state index contributed by atoms with van der Waals surface area (Å²) in [6.45, 7) is 3.08. The number of amides is 2. The van der Waals surface area contributed by atoms with E-state index in [1.165, 1.54) is 18.2 Å². The van der Waals surface area contributed by atoms with Crippen LogP contribution in [0.25, 0.3) is 0 Å². The van der Waals surface area contributed by atoms with Crippen molar-refractivity contribution in [3.8, 4) is 5.75 Å². The summed E-state index contributed by atoms with van der Waals surface area (Å²) in [5, 5.41) is 24.1. The molecular weight excluding hydrogens is 276 g/mol. The second-order valence-electron chi connectivity index (χ2n) is 5.26. The number of anilines is 1. The number of aromatic carboxylic acids is 1. The first-order chi connectivity index (χ1) is 9.91. The number of aromatic hydroxyl groups is 1. The molecule has 1 fully saturated rings. The molecule has 0 aromatic heterocycles. The molecular formula is C14H18N2O5. The summed E-state index contributed by atoms with van der Waals surface area (Å²) in [6.07, 6.45) is 1.39. The Morgan fingerprint density at radius 3 is 2.57 bits per heavy atom. The molecule has 2 amide bonds. The van der Waals surface area contributed by atoms with Crippen molar-refractivity contribution in [3.63, 3.8) is 0 Å². The molecule has 21 heavy (non-hydrogen) atoms. The molecule has 0 radical (unpaired) electrons. The third-order valence-electron chi connectivity index (χ3n) is 3.53. The smallest absolute Gasteiger partial charge is 0.339 e. The molecule has 7 heteroatoms. The van der Waals surface area contributed by atoms with Gasteiger partial charge in [-0.25, -0.2) is 9.59 Å². The number of nitrogens with one attached hydrogen (secondary N) is 2. The zero-order chi connectivity index (χ0) is 15.5. The Morgan fingerprint density at radius 2 is 1.95 bits per heavy atom. The topological polar surface area (TPSA) is 108 Å². The van der Waals surface area contributed by atoms with E-state index in [1.807, 2.05) is 6.92 Å². The first kappa shape index (κ1) is 15.1. The normalized spacial score (nSPS) is 17.0. The molecule has 0 spiro atoms. The van der Waals surface area contributed by atoms with Crippen LogP contribution in [-0.4, -0.2) is 41.0 Å². The lowest BCUT2D eigenvalue weighted by molar-refractivity contribution is 0.0499. The molecule has 0 aliphatic carbocycles. The van der Waals surface area contributed by atoms with Crippen molar-refractivity contribution < 1.29 is 24.5 Å². The van der Waals surface area contributed by atoms with E-state index in [-0.39, 0.29) is 16.8 Å². The van der Waals surface area contributed by atoms with Crippen LogP contribution in [0.1, 0.15) is 30.1 Å². The second kappa shape index (κ2) is 6.01. The quantitative estimate of drug-likeness (QED) is 0.636. The van der Waals surface area contributed by atoms with Crippen molar-refractivity contribution in [3.05, 3.63) is 23.8 Å². The van der Waals surface area contributed by atoms with Gasteiger partial charge in [-0.05, 0) is 31.9 Å². The number of benzene rings is 1. The molecule has 2 rings (SSSR count). The summed E-state index contributed by atoms with van der Waals surface area (Å²) in [7, 11) is 0. The number of carbonyl (C=O) groups excluding carboxylic acids is 1. The van der Waals surface area contributed by atoms with Gasteiger partial charge >= 0.3 is 12.0 Å². The highest BCUT2D eigenvalue weighted by atomic mass is 16.5. The van der Waals surface area contributed by atoms with Crippen LogP contribution in [0.2, 0.25) is 0 Å². The number of carboxylic acids is 1. The maximum Gasteiger partial charge on any atom is 0.339 e. The van der Waals surface area contributed by atoms with E-state index >= 15 is 0 Å². The lowest BCUT2D eigenvalue weighted by Gasteiger charge is -2.34. The van der Waals surface area contributed by atoms with E-state index in [4.69, 9.17) is 9.84 Å². The number of carboxylic acid groups (broad SMARTS) is 1. The number of hydrogen-bond donors (Lipinski definition) is 4. The van der Waals surface area contributed by atoms with Crippen LogP contribution in [0.5, 0.6) is 5.75 Å². The molecule has 1 aromatic rings. The van der Waals surface area contributed by atoms with E-state index in [0.29, 0.717) is 26.1 Å². The van der Waals surface area contributed by atoms with Gasteiger partial charge in [0, 0.05) is 18.8 Å². The molecule has 0 bridgehead atoms. The Labute approximate surface area is 121 Å². The van der Waals surface area contributed by atoms with E-state index in [0.717, 1.165) is 0 Å². The Kier molecular flexibility index (Phi) is 4.32. The number of rotatable bonds is 3. The van der Waals surface area contributed by atoms with Crippen LogP contribution < -0.4 is 10.6 Å². The molecule has 4 N–H and O–H groups in total. The van der Waals surface area contributed by atoms with Crippen LogP contribution in [0.4, 0.5) is 10.5 Å². The van der Waals surface area contributed by atoms with Gasteiger partial charge < -0.3 is 25.6 Å². The highest BCUT2D eigenvalue weighted by Crippen LogP contribution is 2.27. The standard InChI is InChI=1S/C14H18N2O5/c1-14(5-7-21-8-6-14)16-13(20)15-10-4-2-3-9(11(10)17)12(18)19/h2-4,17H,5-8H2,1H3,(H,18,19)(H2,15,16,20). The van der Waals surface area contributed by atoms with Crippen LogP contribution in [0.15, 0.2) is 18.2 Å².